The zero-order valence-electron chi connectivity index (χ0n) is 25.3. The summed E-state index contributed by atoms with van der Waals surface area (Å²) in [5.74, 6) is -2.39. The average Bonchev–Trinajstić information content (AvgIpc) is 3.03. The number of hydrogen-bond acceptors (Lipinski definition) is 12. The summed E-state index contributed by atoms with van der Waals surface area (Å²) in [4.78, 5) is 27.7. The minimum atomic E-state index is -1.76. The molecular formula is C33H34ClN3O9. The Bertz CT molecular complexity index is 1750. The van der Waals surface area contributed by atoms with Gasteiger partial charge < -0.3 is 40.4 Å². The average molecular weight is 652 g/mol. The van der Waals surface area contributed by atoms with Gasteiger partial charge in [-0.05, 0) is 44.2 Å². The number of nitrogens with zero attached hydrogens (tertiary/aromatic N) is 1. The number of hydrazone groups is 1. The standard InChI is InChI=1S/C33H34ClN3O9/c1-14-28(38)20(35)11-23(45-14)46-22-13-33(43,15(2)36-37-17-9-7-16(34)8-10-17)12-19-25(22)32(42)27-26(30(19)40)29(39)18-5-4-6-21(44-3)24(18)31(27)41/h4-10,14,20,22-23,28,37-38,40,42-43H,11-13,35H2,1-3H3. The van der Waals surface area contributed by atoms with Gasteiger partial charge in [0, 0.05) is 47.0 Å². The molecule has 1 saturated heterocycles. The van der Waals surface area contributed by atoms with Gasteiger partial charge in [-0.15, -0.1) is 0 Å². The Morgan fingerprint density at radius 1 is 1.09 bits per heavy atom. The van der Waals surface area contributed by atoms with Gasteiger partial charge in [0.15, 0.2) is 12.1 Å². The summed E-state index contributed by atoms with van der Waals surface area (Å²) in [6.45, 7) is 3.22. The smallest absolute Gasteiger partial charge is 0.202 e. The molecular weight excluding hydrogens is 618 g/mol. The van der Waals surface area contributed by atoms with Crippen molar-refractivity contribution in [3.8, 4) is 17.2 Å². The normalized spacial score (nSPS) is 27.5. The molecule has 0 bridgehead atoms. The Kier molecular flexibility index (Phi) is 8.30. The lowest BCUT2D eigenvalue weighted by molar-refractivity contribution is -0.245. The minimum absolute atomic E-state index is 0.00687. The third-order valence-electron chi connectivity index (χ3n) is 9.01. The number of phenolic OH excluding ortho intramolecular Hbond substituents is 2. The fourth-order valence-corrected chi connectivity index (χ4v) is 6.57. The van der Waals surface area contributed by atoms with Gasteiger partial charge in [0.25, 0.3) is 0 Å². The molecule has 6 atom stereocenters. The van der Waals surface area contributed by atoms with E-state index in [0.29, 0.717) is 10.7 Å². The summed E-state index contributed by atoms with van der Waals surface area (Å²) in [7, 11) is 1.36. The minimum Gasteiger partial charge on any atom is -0.507 e. The molecule has 0 spiro atoms. The van der Waals surface area contributed by atoms with E-state index in [2.05, 4.69) is 10.5 Å². The Labute approximate surface area is 269 Å². The Morgan fingerprint density at radius 2 is 1.78 bits per heavy atom. The van der Waals surface area contributed by atoms with Crippen LogP contribution >= 0.6 is 11.6 Å². The first-order chi connectivity index (χ1) is 21.8. The van der Waals surface area contributed by atoms with Gasteiger partial charge in [-0.1, -0.05) is 23.7 Å². The number of nitrogens with two attached hydrogens (primary N) is 1. The van der Waals surface area contributed by atoms with Crippen molar-refractivity contribution in [2.24, 2.45) is 10.8 Å². The number of methoxy groups -OCH3 is 1. The highest BCUT2D eigenvalue weighted by Crippen LogP contribution is 2.52. The molecule has 0 saturated carbocycles. The lowest BCUT2D eigenvalue weighted by Gasteiger charge is -2.42. The van der Waals surface area contributed by atoms with E-state index in [1.54, 1.807) is 44.2 Å². The number of halogens is 1. The maximum Gasteiger partial charge on any atom is 0.202 e. The number of ketones is 2. The van der Waals surface area contributed by atoms with E-state index in [1.807, 2.05) is 0 Å². The molecule has 46 heavy (non-hydrogen) atoms. The predicted octanol–water partition coefficient (Wildman–Crippen LogP) is 3.58. The van der Waals surface area contributed by atoms with Crippen molar-refractivity contribution in [1.82, 2.24) is 0 Å². The lowest BCUT2D eigenvalue weighted by atomic mass is 9.71. The second-order valence-electron chi connectivity index (χ2n) is 11.9. The van der Waals surface area contributed by atoms with Crippen LogP contribution in [0, 0.1) is 0 Å². The number of phenols is 2. The highest BCUT2D eigenvalue weighted by atomic mass is 35.5. The zero-order valence-corrected chi connectivity index (χ0v) is 26.0. The molecule has 3 aliphatic rings. The molecule has 2 aliphatic carbocycles. The van der Waals surface area contributed by atoms with Crippen molar-refractivity contribution in [3.05, 3.63) is 80.9 Å². The number of aromatic hydroxyl groups is 2. The fraction of sp³-hybridized carbons (Fsp3) is 0.364. The number of hydrogen-bond donors (Lipinski definition) is 6. The summed E-state index contributed by atoms with van der Waals surface area (Å²) in [5, 5.41) is 50.8. The highest BCUT2D eigenvalue weighted by molar-refractivity contribution is 6.31. The van der Waals surface area contributed by atoms with Crippen molar-refractivity contribution in [2.45, 2.75) is 69.4 Å². The van der Waals surface area contributed by atoms with Gasteiger partial charge in [0.1, 0.15) is 22.8 Å². The topological polar surface area (TPSA) is 193 Å². The van der Waals surface area contributed by atoms with Crippen molar-refractivity contribution < 1.29 is 44.2 Å². The number of nitrogens with one attached hydrogen (secondary N) is 1. The van der Waals surface area contributed by atoms with Gasteiger partial charge in [0.2, 0.25) is 5.78 Å². The first-order valence-electron chi connectivity index (χ1n) is 14.7. The predicted molar refractivity (Wildman–Crippen MR) is 168 cm³/mol. The molecule has 0 amide bonds. The SMILES string of the molecule is COc1cccc2c1C(=O)c1c(O)c3c(c(O)c1C2=O)CC(O)(C(C)=NNc1ccc(Cl)cc1)CC3OC1CC(N)C(O)C(C)O1. The van der Waals surface area contributed by atoms with Gasteiger partial charge in [-0.2, -0.15) is 5.10 Å². The number of aliphatic hydroxyl groups excluding tert-OH is 1. The Morgan fingerprint density at radius 3 is 2.46 bits per heavy atom. The van der Waals surface area contributed by atoms with Crippen LogP contribution in [0.3, 0.4) is 0 Å². The van der Waals surface area contributed by atoms with Crippen LogP contribution in [0.1, 0.15) is 75.8 Å². The van der Waals surface area contributed by atoms with Crippen molar-refractivity contribution >= 4 is 34.6 Å². The number of rotatable bonds is 6. The van der Waals surface area contributed by atoms with Crippen LogP contribution in [-0.2, 0) is 15.9 Å². The molecule has 0 radical (unpaired) electrons. The largest absolute Gasteiger partial charge is 0.507 e. The van der Waals surface area contributed by atoms with Crippen LogP contribution < -0.4 is 15.9 Å². The maximum atomic E-state index is 13.9. The quantitative estimate of drug-likeness (QED) is 0.101. The van der Waals surface area contributed by atoms with Crippen LogP contribution in [0.2, 0.25) is 5.02 Å². The Balaban J connectivity index is 1.47. The first-order valence-corrected chi connectivity index (χ1v) is 15.1. The molecule has 1 fully saturated rings. The third-order valence-corrected chi connectivity index (χ3v) is 9.27. The summed E-state index contributed by atoms with van der Waals surface area (Å²) < 4.78 is 17.5. The molecule has 3 aromatic rings. The number of fused-ring (bicyclic) bond motifs is 3. The molecule has 6 unspecified atom stereocenters. The van der Waals surface area contributed by atoms with Crippen LogP contribution in [0.5, 0.6) is 17.2 Å². The van der Waals surface area contributed by atoms with Gasteiger partial charge in [-0.3, -0.25) is 15.0 Å². The number of aliphatic hydroxyl groups is 2. The van der Waals surface area contributed by atoms with Gasteiger partial charge in [-0.25, -0.2) is 0 Å². The zero-order chi connectivity index (χ0) is 33.1. The number of benzene rings is 3. The van der Waals surface area contributed by atoms with E-state index < -0.39 is 64.9 Å². The second-order valence-corrected chi connectivity index (χ2v) is 12.3. The van der Waals surface area contributed by atoms with Crippen molar-refractivity contribution in [2.75, 3.05) is 12.5 Å². The summed E-state index contributed by atoms with van der Waals surface area (Å²) in [6, 6.07) is 10.6. The molecule has 1 aliphatic heterocycles. The number of ether oxygens (including phenoxy) is 3. The van der Waals surface area contributed by atoms with Crippen LogP contribution in [0.15, 0.2) is 47.6 Å². The monoisotopic (exact) mass is 651 g/mol. The maximum absolute atomic E-state index is 13.9. The van der Waals surface area contributed by atoms with Gasteiger partial charge in [0.05, 0.1) is 53.5 Å². The van der Waals surface area contributed by atoms with E-state index in [9.17, 15) is 30.0 Å². The fourth-order valence-electron chi connectivity index (χ4n) is 6.44. The molecule has 242 valence electrons. The number of carbonyl (C=O) groups excluding carboxylic acids is 2. The third kappa shape index (κ3) is 5.30. The molecule has 1 heterocycles. The summed E-state index contributed by atoms with van der Waals surface area (Å²) in [5.41, 5.74) is 7.29. The first kappa shape index (κ1) is 31.9. The molecule has 12 nitrogen and oxygen atoms in total. The molecule has 3 aromatic carbocycles. The van der Waals surface area contributed by atoms with E-state index in [1.165, 1.54) is 19.2 Å². The molecule has 0 aromatic heterocycles. The van der Waals surface area contributed by atoms with Gasteiger partial charge >= 0.3 is 0 Å². The Hall–Kier alpha value is -4.04. The van der Waals surface area contributed by atoms with E-state index >= 15 is 0 Å². The van der Waals surface area contributed by atoms with E-state index in [0.717, 1.165) is 0 Å². The van der Waals surface area contributed by atoms with E-state index in [4.69, 9.17) is 31.5 Å². The molecule has 13 heteroatoms. The summed E-state index contributed by atoms with van der Waals surface area (Å²) in [6.07, 6.45) is -4.15. The summed E-state index contributed by atoms with van der Waals surface area (Å²) >= 11 is 5.98. The van der Waals surface area contributed by atoms with Crippen LogP contribution in [0.25, 0.3) is 0 Å². The number of carbonyl (C=O) groups is 2. The number of anilines is 1. The molecule has 7 N–H and O–H groups in total. The second kappa shape index (κ2) is 12.0. The van der Waals surface area contributed by atoms with Crippen molar-refractivity contribution in [1.29, 1.82) is 0 Å². The molecule has 6 rings (SSSR count). The highest BCUT2D eigenvalue weighted by Gasteiger charge is 2.49. The lowest BCUT2D eigenvalue weighted by Crippen LogP contribution is -2.52. The van der Waals surface area contributed by atoms with Crippen LogP contribution in [0.4, 0.5) is 5.69 Å². The van der Waals surface area contributed by atoms with E-state index in [-0.39, 0.29) is 58.5 Å². The van der Waals surface area contributed by atoms with Crippen molar-refractivity contribution in [3.63, 3.8) is 0 Å². The van der Waals surface area contributed by atoms with Crippen LogP contribution in [-0.4, -0.2) is 75.0 Å².